The number of benzene rings is 1. The van der Waals surface area contributed by atoms with Crippen molar-refractivity contribution >= 4 is 17.7 Å². The summed E-state index contributed by atoms with van der Waals surface area (Å²) in [5.74, 6) is 0.759. The summed E-state index contributed by atoms with van der Waals surface area (Å²) in [5, 5.41) is 0.0522. The summed E-state index contributed by atoms with van der Waals surface area (Å²) in [6.07, 6.45) is 4.33. The Labute approximate surface area is 124 Å². The van der Waals surface area contributed by atoms with Crippen molar-refractivity contribution in [1.29, 1.82) is 0 Å². The first-order chi connectivity index (χ1) is 9.70. The average Bonchev–Trinajstić information content (AvgIpc) is 3.11. The maximum absolute atomic E-state index is 12.7. The van der Waals surface area contributed by atoms with E-state index >= 15 is 0 Å². The lowest BCUT2D eigenvalue weighted by molar-refractivity contribution is -0.131. The van der Waals surface area contributed by atoms with Crippen molar-refractivity contribution in [3.63, 3.8) is 0 Å². The first kappa shape index (κ1) is 14.0. The Balaban J connectivity index is 1.68. The van der Waals surface area contributed by atoms with Crippen molar-refractivity contribution in [3.8, 4) is 0 Å². The van der Waals surface area contributed by atoms with E-state index in [4.69, 9.17) is 5.73 Å². The van der Waals surface area contributed by atoms with Gasteiger partial charge in [-0.05, 0) is 43.4 Å². The van der Waals surface area contributed by atoms with Gasteiger partial charge in [-0.3, -0.25) is 4.79 Å². The molecule has 3 unspecified atom stereocenters. The first-order valence-corrected chi connectivity index (χ1v) is 8.30. The molecule has 1 saturated carbocycles. The number of nitrogens with zero attached hydrogens (tertiary/aromatic N) is 1. The average molecular weight is 290 g/mol. The highest BCUT2D eigenvalue weighted by atomic mass is 32.2. The molecule has 0 saturated heterocycles. The molecule has 1 heterocycles. The summed E-state index contributed by atoms with van der Waals surface area (Å²) in [6, 6.07) is 8.69. The molecule has 4 heteroatoms. The standard InChI is InChI=1S/C16H22N2OS/c1-18(13-7-4-6-12(13)10-17)16(19)15-9-11-5-2-3-8-14(11)20-15/h2-3,5,8,12-13,15H,4,6-7,9-10,17H2,1H3. The van der Waals surface area contributed by atoms with E-state index in [1.807, 2.05) is 18.0 Å². The van der Waals surface area contributed by atoms with Crippen molar-refractivity contribution in [1.82, 2.24) is 4.90 Å². The third-order valence-corrected chi connectivity index (χ3v) is 5.99. The smallest absolute Gasteiger partial charge is 0.236 e. The molecule has 2 N–H and O–H groups in total. The van der Waals surface area contributed by atoms with Gasteiger partial charge >= 0.3 is 0 Å². The predicted molar refractivity (Wildman–Crippen MR) is 82.7 cm³/mol. The van der Waals surface area contributed by atoms with E-state index in [2.05, 4.69) is 18.2 Å². The Bertz CT molecular complexity index is 480. The SMILES string of the molecule is CN(C(=O)C1Cc2ccccc2S1)C1CCCC1CN. The number of hydrogen-bond donors (Lipinski definition) is 1. The minimum Gasteiger partial charge on any atom is -0.341 e. The van der Waals surface area contributed by atoms with Gasteiger partial charge in [-0.25, -0.2) is 0 Å². The fourth-order valence-electron chi connectivity index (χ4n) is 3.51. The quantitative estimate of drug-likeness (QED) is 0.929. The van der Waals surface area contributed by atoms with Gasteiger partial charge in [0.15, 0.2) is 0 Å². The van der Waals surface area contributed by atoms with Crippen LogP contribution in [0.4, 0.5) is 0 Å². The zero-order chi connectivity index (χ0) is 14.1. The van der Waals surface area contributed by atoms with Crippen LogP contribution in [-0.4, -0.2) is 35.7 Å². The maximum atomic E-state index is 12.7. The van der Waals surface area contributed by atoms with Crippen LogP contribution in [0.2, 0.25) is 0 Å². The lowest BCUT2D eigenvalue weighted by atomic mass is 10.0. The van der Waals surface area contributed by atoms with Crippen LogP contribution in [0.1, 0.15) is 24.8 Å². The second-order valence-electron chi connectivity index (χ2n) is 5.86. The van der Waals surface area contributed by atoms with Gasteiger partial charge in [0.2, 0.25) is 5.91 Å². The topological polar surface area (TPSA) is 46.3 Å². The fraction of sp³-hybridized carbons (Fsp3) is 0.562. The van der Waals surface area contributed by atoms with Gasteiger partial charge in [0.25, 0.3) is 0 Å². The van der Waals surface area contributed by atoms with Crippen molar-refractivity contribution in [3.05, 3.63) is 29.8 Å². The molecule has 3 rings (SSSR count). The Morgan fingerprint density at radius 1 is 1.40 bits per heavy atom. The second-order valence-corrected chi connectivity index (χ2v) is 7.11. The summed E-state index contributed by atoms with van der Waals surface area (Å²) in [4.78, 5) is 16.0. The van der Waals surface area contributed by atoms with E-state index in [-0.39, 0.29) is 11.2 Å². The van der Waals surface area contributed by atoms with Gasteiger partial charge in [-0.15, -0.1) is 11.8 Å². The molecule has 1 aliphatic carbocycles. The molecular weight excluding hydrogens is 268 g/mol. The summed E-state index contributed by atoms with van der Waals surface area (Å²) >= 11 is 1.72. The molecule has 20 heavy (non-hydrogen) atoms. The third kappa shape index (κ3) is 2.47. The van der Waals surface area contributed by atoms with Crippen LogP contribution >= 0.6 is 11.8 Å². The maximum Gasteiger partial charge on any atom is 0.236 e. The molecular formula is C16H22N2OS. The molecule has 1 fully saturated rings. The lowest BCUT2D eigenvalue weighted by Crippen LogP contribution is -2.45. The van der Waals surface area contributed by atoms with Gasteiger partial charge < -0.3 is 10.6 Å². The highest BCUT2D eigenvalue weighted by Gasteiger charge is 2.36. The Morgan fingerprint density at radius 2 is 2.20 bits per heavy atom. The Morgan fingerprint density at radius 3 is 2.95 bits per heavy atom. The number of nitrogens with two attached hydrogens (primary N) is 1. The molecule has 1 aromatic rings. The number of rotatable bonds is 3. The third-order valence-electron chi connectivity index (χ3n) is 4.69. The van der Waals surface area contributed by atoms with E-state index in [0.29, 0.717) is 18.5 Å². The molecule has 2 aliphatic rings. The monoisotopic (exact) mass is 290 g/mol. The molecule has 3 nitrogen and oxygen atoms in total. The zero-order valence-electron chi connectivity index (χ0n) is 11.9. The summed E-state index contributed by atoms with van der Waals surface area (Å²) in [6.45, 7) is 0.695. The van der Waals surface area contributed by atoms with Gasteiger partial charge in [-0.2, -0.15) is 0 Å². The minimum absolute atomic E-state index is 0.0522. The van der Waals surface area contributed by atoms with Crippen LogP contribution in [-0.2, 0) is 11.2 Å². The van der Waals surface area contributed by atoms with Crippen LogP contribution < -0.4 is 5.73 Å². The number of carbonyl (C=O) groups excluding carboxylic acids is 1. The van der Waals surface area contributed by atoms with E-state index in [0.717, 1.165) is 19.3 Å². The molecule has 0 radical (unpaired) electrons. The number of fused-ring (bicyclic) bond motifs is 1. The fourth-order valence-corrected chi connectivity index (χ4v) is 4.81. The Hall–Kier alpha value is -1.00. The molecule has 1 aromatic carbocycles. The minimum atomic E-state index is 0.0522. The predicted octanol–water partition coefficient (Wildman–Crippen LogP) is 2.29. The van der Waals surface area contributed by atoms with E-state index in [9.17, 15) is 4.79 Å². The highest BCUT2D eigenvalue weighted by molar-refractivity contribution is 8.01. The van der Waals surface area contributed by atoms with E-state index in [1.54, 1.807) is 11.8 Å². The van der Waals surface area contributed by atoms with Gasteiger partial charge in [0, 0.05) is 18.0 Å². The molecule has 1 amide bonds. The number of hydrogen-bond acceptors (Lipinski definition) is 3. The van der Waals surface area contributed by atoms with Crippen molar-refractivity contribution in [2.45, 2.75) is 41.9 Å². The van der Waals surface area contributed by atoms with Crippen molar-refractivity contribution in [2.24, 2.45) is 11.7 Å². The zero-order valence-corrected chi connectivity index (χ0v) is 12.7. The van der Waals surface area contributed by atoms with Gasteiger partial charge in [0.05, 0.1) is 5.25 Å². The summed E-state index contributed by atoms with van der Waals surface area (Å²) in [5.41, 5.74) is 7.15. The summed E-state index contributed by atoms with van der Waals surface area (Å²) in [7, 11) is 1.96. The molecule has 108 valence electrons. The molecule has 0 spiro atoms. The first-order valence-electron chi connectivity index (χ1n) is 7.42. The van der Waals surface area contributed by atoms with Crippen LogP contribution in [0.15, 0.2) is 29.2 Å². The molecule has 1 aliphatic heterocycles. The summed E-state index contributed by atoms with van der Waals surface area (Å²) < 4.78 is 0. The van der Waals surface area contributed by atoms with Crippen LogP contribution in [0.25, 0.3) is 0 Å². The van der Waals surface area contributed by atoms with Crippen molar-refractivity contribution in [2.75, 3.05) is 13.6 Å². The number of thioether (sulfide) groups is 1. The van der Waals surface area contributed by atoms with Gasteiger partial charge in [0.1, 0.15) is 0 Å². The molecule has 0 bridgehead atoms. The van der Waals surface area contributed by atoms with Crippen molar-refractivity contribution < 1.29 is 4.79 Å². The van der Waals surface area contributed by atoms with Crippen LogP contribution in [0.5, 0.6) is 0 Å². The highest BCUT2D eigenvalue weighted by Crippen LogP contribution is 2.38. The number of carbonyl (C=O) groups is 1. The van der Waals surface area contributed by atoms with E-state index < -0.39 is 0 Å². The number of amides is 1. The molecule has 3 atom stereocenters. The van der Waals surface area contributed by atoms with Gasteiger partial charge in [-0.1, -0.05) is 24.6 Å². The van der Waals surface area contributed by atoms with Crippen LogP contribution in [0, 0.1) is 5.92 Å². The second kappa shape index (κ2) is 5.78. The normalized spacial score (nSPS) is 28.4. The Kier molecular flexibility index (Phi) is 4.03. The lowest BCUT2D eigenvalue weighted by Gasteiger charge is -2.31. The molecule has 0 aromatic heterocycles. The van der Waals surface area contributed by atoms with E-state index in [1.165, 1.54) is 16.9 Å². The van der Waals surface area contributed by atoms with Crippen LogP contribution in [0.3, 0.4) is 0 Å². The largest absolute Gasteiger partial charge is 0.341 e.